The van der Waals surface area contributed by atoms with Crippen molar-refractivity contribution in [3.63, 3.8) is 0 Å². The van der Waals surface area contributed by atoms with Crippen molar-refractivity contribution < 1.29 is 0 Å². The van der Waals surface area contributed by atoms with Gasteiger partial charge in [-0.2, -0.15) is 0 Å². The fourth-order valence-electron chi connectivity index (χ4n) is 2.28. The van der Waals surface area contributed by atoms with Crippen LogP contribution in [0, 0.1) is 20.8 Å². The standard InChI is InChI=1S/C17H22N2/c1-12-4-6-15(14(3)10-12)8-9-19-17-11-13(2)5-7-16(17)18/h4-7,10-11,19H,8-9,18H2,1-3H3. The van der Waals surface area contributed by atoms with Gasteiger partial charge in [0.15, 0.2) is 0 Å². The molecular weight excluding hydrogens is 232 g/mol. The fourth-order valence-corrected chi connectivity index (χ4v) is 2.28. The lowest BCUT2D eigenvalue weighted by molar-refractivity contribution is 1.00. The van der Waals surface area contributed by atoms with E-state index in [1.54, 1.807) is 0 Å². The lowest BCUT2D eigenvalue weighted by Gasteiger charge is -2.11. The third-order valence-corrected chi connectivity index (χ3v) is 3.42. The molecule has 0 aromatic heterocycles. The van der Waals surface area contributed by atoms with Crippen LogP contribution in [0.15, 0.2) is 36.4 Å². The summed E-state index contributed by atoms with van der Waals surface area (Å²) in [5.74, 6) is 0. The summed E-state index contributed by atoms with van der Waals surface area (Å²) >= 11 is 0. The first-order chi connectivity index (χ1) is 9.06. The molecule has 0 bridgehead atoms. The van der Waals surface area contributed by atoms with Crippen LogP contribution in [0.4, 0.5) is 11.4 Å². The molecule has 19 heavy (non-hydrogen) atoms. The van der Waals surface area contributed by atoms with Gasteiger partial charge in [-0.25, -0.2) is 0 Å². The summed E-state index contributed by atoms with van der Waals surface area (Å²) < 4.78 is 0. The average molecular weight is 254 g/mol. The van der Waals surface area contributed by atoms with Gasteiger partial charge in [-0.1, -0.05) is 29.8 Å². The maximum absolute atomic E-state index is 5.96. The van der Waals surface area contributed by atoms with Crippen LogP contribution in [0.1, 0.15) is 22.3 Å². The van der Waals surface area contributed by atoms with Gasteiger partial charge in [-0.15, -0.1) is 0 Å². The molecule has 0 fully saturated rings. The third-order valence-electron chi connectivity index (χ3n) is 3.42. The number of nitrogen functional groups attached to an aromatic ring is 1. The van der Waals surface area contributed by atoms with Crippen LogP contribution >= 0.6 is 0 Å². The maximum atomic E-state index is 5.96. The molecule has 0 aliphatic rings. The smallest absolute Gasteiger partial charge is 0.0576 e. The summed E-state index contributed by atoms with van der Waals surface area (Å²) in [6, 6.07) is 12.7. The molecule has 2 rings (SSSR count). The topological polar surface area (TPSA) is 38.0 Å². The number of hydrogen-bond donors (Lipinski definition) is 2. The Bertz CT molecular complexity index is 573. The van der Waals surface area contributed by atoms with Gasteiger partial charge in [0.1, 0.15) is 0 Å². The molecule has 0 radical (unpaired) electrons. The Morgan fingerprint density at radius 1 is 0.947 bits per heavy atom. The van der Waals surface area contributed by atoms with Crippen LogP contribution in [-0.2, 0) is 6.42 Å². The highest BCUT2D eigenvalue weighted by molar-refractivity contribution is 5.66. The Morgan fingerprint density at radius 2 is 1.63 bits per heavy atom. The van der Waals surface area contributed by atoms with E-state index in [1.165, 1.54) is 22.3 Å². The van der Waals surface area contributed by atoms with Gasteiger partial charge in [0, 0.05) is 6.54 Å². The van der Waals surface area contributed by atoms with E-state index in [9.17, 15) is 0 Å². The lowest BCUT2D eigenvalue weighted by atomic mass is 10.0. The van der Waals surface area contributed by atoms with Crippen LogP contribution in [-0.4, -0.2) is 6.54 Å². The normalized spacial score (nSPS) is 10.5. The second kappa shape index (κ2) is 5.79. The second-order valence-electron chi connectivity index (χ2n) is 5.20. The van der Waals surface area contributed by atoms with Crippen LogP contribution < -0.4 is 11.1 Å². The monoisotopic (exact) mass is 254 g/mol. The molecule has 0 aliphatic carbocycles. The Kier molecular flexibility index (Phi) is 4.10. The minimum absolute atomic E-state index is 0.811. The summed E-state index contributed by atoms with van der Waals surface area (Å²) in [6.45, 7) is 7.28. The van der Waals surface area contributed by atoms with E-state index in [-0.39, 0.29) is 0 Å². The molecule has 0 heterocycles. The van der Waals surface area contributed by atoms with Crippen LogP contribution in [0.25, 0.3) is 0 Å². The van der Waals surface area contributed by atoms with Crippen molar-refractivity contribution in [2.75, 3.05) is 17.6 Å². The zero-order valence-corrected chi connectivity index (χ0v) is 12.0. The Labute approximate surface area is 115 Å². The van der Waals surface area contributed by atoms with Crippen molar-refractivity contribution >= 4 is 11.4 Å². The highest BCUT2D eigenvalue weighted by atomic mass is 14.9. The molecule has 0 saturated carbocycles. The van der Waals surface area contributed by atoms with Crippen molar-refractivity contribution in [1.29, 1.82) is 0 Å². The van der Waals surface area contributed by atoms with Gasteiger partial charge in [0.25, 0.3) is 0 Å². The molecule has 100 valence electrons. The highest BCUT2D eigenvalue weighted by Gasteiger charge is 2.01. The minimum atomic E-state index is 0.811. The summed E-state index contributed by atoms with van der Waals surface area (Å²) in [5.41, 5.74) is 13.1. The van der Waals surface area contributed by atoms with E-state index in [0.717, 1.165) is 24.3 Å². The quantitative estimate of drug-likeness (QED) is 0.813. The molecule has 2 aromatic carbocycles. The molecule has 0 aliphatic heterocycles. The molecule has 0 saturated heterocycles. The average Bonchev–Trinajstić information content (AvgIpc) is 2.36. The van der Waals surface area contributed by atoms with Crippen LogP contribution in [0.5, 0.6) is 0 Å². The van der Waals surface area contributed by atoms with E-state index in [0.29, 0.717) is 0 Å². The summed E-state index contributed by atoms with van der Waals surface area (Å²) in [6.07, 6.45) is 1.01. The number of nitrogens with one attached hydrogen (secondary N) is 1. The predicted octanol–water partition coefficient (Wildman–Crippen LogP) is 3.85. The Hall–Kier alpha value is -1.96. The Morgan fingerprint density at radius 3 is 2.37 bits per heavy atom. The maximum Gasteiger partial charge on any atom is 0.0576 e. The van der Waals surface area contributed by atoms with E-state index < -0.39 is 0 Å². The molecular formula is C17H22N2. The first kappa shape index (κ1) is 13.5. The van der Waals surface area contributed by atoms with E-state index >= 15 is 0 Å². The minimum Gasteiger partial charge on any atom is -0.397 e. The molecule has 2 heteroatoms. The summed E-state index contributed by atoms with van der Waals surface area (Å²) in [5, 5.41) is 3.42. The molecule has 2 nitrogen and oxygen atoms in total. The summed E-state index contributed by atoms with van der Waals surface area (Å²) in [7, 11) is 0. The van der Waals surface area contributed by atoms with E-state index in [1.807, 2.05) is 12.1 Å². The highest BCUT2D eigenvalue weighted by Crippen LogP contribution is 2.19. The zero-order valence-electron chi connectivity index (χ0n) is 12.0. The lowest BCUT2D eigenvalue weighted by Crippen LogP contribution is -2.08. The number of aryl methyl sites for hydroxylation is 3. The largest absolute Gasteiger partial charge is 0.397 e. The zero-order chi connectivity index (χ0) is 13.8. The molecule has 0 spiro atoms. The fraction of sp³-hybridized carbons (Fsp3) is 0.294. The Balaban J connectivity index is 1.98. The van der Waals surface area contributed by atoms with Crippen molar-refractivity contribution in [2.24, 2.45) is 0 Å². The van der Waals surface area contributed by atoms with Crippen molar-refractivity contribution in [3.05, 3.63) is 58.7 Å². The van der Waals surface area contributed by atoms with Crippen molar-refractivity contribution in [1.82, 2.24) is 0 Å². The van der Waals surface area contributed by atoms with Gasteiger partial charge < -0.3 is 11.1 Å². The number of hydrogen-bond acceptors (Lipinski definition) is 2. The number of anilines is 2. The molecule has 0 atom stereocenters. The van der Waals surface area contributed by atoms with Crippen LogP contribution in [0.3, 0.4) is 0 Å². The van der Waals surface area contributed by atoms with Gasteiger partial charge in [0.2, 0.25) is 0 Å². The first-order valence-corrected chi connectivity index (χ1v) is 6.72. The first-order valence-electron chi connectivity index (χ1n) is 6.72. The van der Waals surface area contributed by atoms with Crippen molar-refractivity contribution in [2.45, 2.75) is 27.2 Å². The molecule has 0 unspecified atom stereocenters. The van der Waals surface area contributed by atoms with E-state index in [4.69, 9.17) is 5.73 Å². The van der Waals surface area contributed by atoms with Gasteiger partial charge in [-0.3, -0.25) is 0 Å². The third kappa shape index (κ3) is 3.50. The van der Waals surface area contributed by atoms with Gasteiger partial charge in [-0.05, 0) is 56.0 Å². The summed E-state index contributed by atoms with van der Waals surface area (Å²) in [4.78, 5) is 0. The molecule has 2 aromatic rings. The number of nitrogens with two attached hydrogens (primary N) is 1. The number of benzene rings is 2. The molecule has 0 amide bonds. The predicted molar refractivity (Wildman–Crippen MR) is 83.7 cm³/mol. The van der Waals surface area contributed by atoms with Crippen LogP contribution in [0.2, 0.25) is 0 Å². The second-order valence-corrected chi connectivity index (χ2v) is 5.20. The SMILES string of the molecule is Cc1ccc(CCNc2cc(C)ccc2N)c(C)c1. The van der Waals surface area contributed by atoms with Crippen molar-refractivity contribution in [3.8, 4) is 0 Å². The molecule has 3 N–H and O–H groups in total. The van der Waals surface area contributed by atoms with Gasteiger partial charge >= 0.3 is 0 Å². The van der Waals surface area contributed by atoms with Gasteiger partial charge in [0.05, 0.1) is 11.4 Å². The number of rotatable bonds is 4. The van der Waals surface area contributed by atoms with E-state index in [2.05, 4.69) is 50.4 Å².